The van der Waals surface area contributed by atoms with Crippen molar-refractivity contribution in [3.05, 3.63) is 29.3 Å². The number of fused-ring (bicyclic) bond motifs is 1. The summed E-state index contributed by atoms with van der Waals surface area (Å²) in [5.74, 6) is 1.04. The summed E-state index contributed by atoms with van der Waals surface area (Å²) < 4.78 is 5.58. The third-order valence-electron chi connectivity index (χ3n) is 3.10. The summed E-state index contributed by atoms with van der Waals surface area (Å²) in [6, 6.07) is 5.71. The number of carbonyl (C=O) groups excluding carboxylic acids is 1. The smallest absolute Gasteiger partial charge is 0.159 e. The minimum absolute atomic E-state index is 0.110. The zero-order valence-corrected chi connectivity index (χ0v) is 9.46. The summed E-state index contributed by atoms with van der Waals surface area (Å²) >= 11 is 0. The van der Waals surface area contributed by atoms with Crippen LogP contribution in [0.4, 0.5) is 0 Å². The fourth-order valence-corrected chi connectivity index (χ4v) is 1.95. The van der Waals surface area contributed by atoms with Crippen LogP contribution in [0.2, 0.25) is 0 Å². The standard InChI is InChI=1S/C13H16O2/c1-9(14)10-4-5-12-11(8-10)13(2,3)6-7-15-12/h4-5,8H,6-7H2,1-3H3. The average Bonchev–Trinajstić information content (AvgIpc) is 2.17. The number of benzene rings is 1. The van der Waals surface area contributed by atoms with Gasteiger partial charge in [0.2, 0.25) is 0 Å². The van der Waals surface area contributed by atoms with E-state index in [4.69, 9.17) is 4.74 Å². The largest absolute Gasteiger partial charge is 0.493 e. The monoisotopic (exact) mass is 204 g/mol. The summed E-state index contributed by atoms with van der Waals surface area (Å²) in [5.41, 5.74) is 2.03. The molecule has 2 rings (SSSR count). The van der Waals surface area contributed by atoms with Gasteiger partial charge in [0.15, 0.2) is 5.78 Å². The molecule has 1 aromatic carbocycles. The number of Topliss-reactive ketones (excluding diaryl/α,β-unsaturated/α-hetero) is 1. The second-order valence-corrected chi connectivity index (χ2v) is 4.75. The van der Waals surface area contributed by atoms with E-state index < -0.39 is 0 Å². The third kappa shape index (κ3) is 1.76. The molecule has 1 aromatic rings. The van der Waals surface area contributed by atoms with E-state index in [0.717, 1.165) is 29.9 Å². The van der Waals surface area contributed by atoms with E-state index in [-0.39, 0.29) is 11.2 Å². The van der Waals surface area contributed by atoms with E-state index in [0.29, 0.717) is 0 Å². The fraction of sp³-hybridized carbons (Fsp3) is 0.462. The summed E-state index contributed by atoms with van der Waals surface area (Å²) in [6.07, 6.45) is 1.00. The van der Waals surface area contributed by atoms with Crippen molar-refractivity contribution in [3.63, 3.8) is 0 Å². The molecule has 15 heavy (non-hydrogen) atoms. The lowest BCUT2D eigenvalue weighted by Crippen LogP contribution is -2.26. The molecule has 80 valence electrons. The van der Waals surface area contributed by atoms with Gasteiger partial charge in [0.1, 0.15) is 5.75 Å². The predicted octanol–water partition coefficient (Wildman–Crippen LogP) is 2.95. The van der Waals surface area contributed by atoms with Crippen molar-refractivity contribution in [3.8, 4) is 5.75 Å². The zero-order chi connectivity index (χ0) is 11.1. The second-order valence-electron chi connectivity index (χ2n) is 4.75. The highest BCUT2D eigenvalue weighted by molar-refractivity contribution is 5.94. The Morgan fingerprint density at radius 3 is 2.80 bits per heavy atom. The molecule has 0 radical (unpaired) electrons. The van der Waals surface area contributed by atoms with Gasteiger partial charge in [-0.1, -0.05) is 13.8 Å². The van der Waals surface area contributed by atoms with Gasteiger partial charge in [-0.05, 0) is 37.0 Å². The molecule has 0 atom stereocenters. The van der Waals surface area contributed by atoms with Crippen LogP contribution in [-0.4, -0.2) is 12.4 Å². The van der Waals surface area contributed by atoms with Crippen molar-refractivity contribution < 1.29 is 9.53 Å². The van der Waals surface area contributed by atoms with Crippen LogP contribution in [-0.2, 0) is 5.41 Å². The first-order valence-electron chi connectivity index (χ1n) is 5.29. The minimum Gasteiger partial charge on any atom is -0.493 e. The molecule has 1 aliphatic rings. The first-order valence-corrected chi connectivity index (χ1v) is 5.29. The van der Waals surface area contributed by atoms with Crippen LogP contribution in [0, 0.1) is 0 Å². The lowest BCUT2D eigenvalue weighted by Gasteiger charge is -2.32. The number of ketones is 1. The number of carbonyl (C=O) groups is 1. The third-order valence-corrected chi connectivity index (χ3v) is 3.10. The summed E-state index contributed by atoms with van der Waals surface area (Å²) in [7, 11) is 0. The van der Waals surface area contributed by atoms with Crippen molar-refractivity contribution in [2.24, 2.45) is 0 Å². The molecule has 0 amide bonds. The maximum absolute atomic E-state index is 11.3. The summed E-state index contributed by atoms with van der Waals surface area (Å²) in [4.78, 5) is 11.3. The number of hydrogen-bond acceptors (Lipinski definition) is 2. The number of ether oxygens (including phenoxy) is 1. The van der Waals surface area contributed by atoms with Crippen LogP contribution in [0.3, 0.4) is 0 Å². The molecule has 1 heterocycles. The topological polar surface area (TPSA) is 26.3 Å². The Hall–Kier alpha value is -1.31. The highest BCUT2D eigenvalue weighted by Crippen LogP contribution is 2.38. The van der Waals surface area contributed by atoms with E-state index in [1.165, 1.54) is 0 Å². The van der Waals surface area contributed by atoms with Crippen LogP contribution in [0.5, 0.6) is 5.75 Å². The van der Waals surface area contributed by atoms with Gasteiger partial charge in [-0.2, -0.15) is 0 Å². The van der Waals surface area contributed by atoms with Crippen LogP contribution < -0.4 is 4.74 Å². The van der Waals surface area contributed by atoms with E-state index >= 15 is 0 Å². The molecular weight excluding hydrogens is 188 g/mol. The van der Waals surface area contributed by atoms with Gasteiger partial charge in [0.25, 0.3) is 0 Å². The van der Waals surface area contributed by atoms with Gasteiger partial charge in [-0.3, -0.25) is 4.79 Å². The molecular formula is C13H16O2. The molecule has 0 spiro atoms. The van der Waals surface area contributed by atoms with Gasteiger partial charge < -0.3 is 4.74 Å². The SMILES string of the molecule is CC(=O)c1ccc2c(c1)C(C)(C)CCO2. The summed E-state index contributed by atoms with van der Waals surface area (Å²) in [6.45, 7) is 6.74. The molecule has 0 fully saturated rings. The lowest BCUT2D eigenvalue weighted by molar-refractivity contribution is 0.101. The Labute approximate surface area is 90.3 Å². The van der Waals surface area contributed by atoms with Gasteiger partial charge >= 0.3 is 0 Å². The van der Waals surface area contributed by atoms with Crippen molar-refractivity contribution in [2.75, 3.05) is 6.61 Å². The molecule has 0 N–H and O–H groups in total. The molecule has 2 nitrogen and oxygen atoms in total. The fourth-order valence-electron chi connectivity index (χ4n) is 1.95. The predicted molar refractivity (Wildman–Crippen MR) is 59.6 cm³/mol. The van der Waals surface area contributed by atoms with E-state index in [1.807, 2.05) is 18.2 Å². The van der Waals surface area contributed by atoms with E-state index in [9.17, 15) is 4.79 Å². The molecule has 0 unspecified atom stereocenters. The van der Waals surface area contributed by atoms with Crippen molar-refractivity contribution in [1.29, 1.82) is 0 Å². The normalized spacial score (nSPS) is 17.8. The second kappa shape index (κ2) is 3.37. The molecule has 0 aliphatic carbocycles. The zero-order valence-electron chi connectivity index (χ0n) is 9.46. The van der Waals surface area contributed by atoms with Gasteiger partial charge in [-0.25, -0.2) is 0 Å². The number of rotatable bonds is 1. The molecule has 0 saturated heterocycles. The lowest BCUT2D eigenvalue weighted by atomic mass is 9.79. The molecule has 0 bridgehead atoms. The van der Waals surface area contributed by atoms with Crippen molar-refractivity contribution in [1.82, 2.24) is 0 Å². The van der Waals surface area contributed by atoms with E-state index in [1.54, 1.807) is 6.92 Å². The summed E-state index contributed by atoms with van der Waals surface area (Å²) in [5, 5.41) is 0. The Morgan fingerprint density at radius 1 is 1.40 bits per heavy atom. The minimum atomic E-state index is 0.110. The maximum Gasteiger partial charge on any atom is 0.159 e. The van der Waals surface area contributed by atoms with Crippen molar-refractivity contribution in [2.45, 2.75) is 32.6 Å². The first-order chi connectivity index (χ1) is 7.00. The molecule has 2 heteroatoms. The van der Waals surface area contributed by atoms with Crippen LogP contribution in [0.25, 0.3) is 0 Å². The van der Waals surface area contributed by atoms with Crippen LogP contribution >= 0.6 is 0 Å². The molecule has 0 aromatic heterocycles. The number of hydrogen-bond donors (Lipinski definition) is 0. The highest BCUT2D eigenvalue weighted by atomic mass is 16.5. The Morgan fingerprint density at radius 2 is 2.13 bits per heavy atom. The Kier molecular flexibility index (Phi) is 2.29. The molecule has 0 saturated carbocycles. The van der Waals surface area contributed by atoms with Gasteiger partial charge in [-0.15, -0.1) is 0 Å². The van der Waals surface area contributed by atoms with Crippen LogP contribution in [0.15, 0.2) is 18.2 Å². The average molecular weight is 204 g/mol. The van der Waals surface area contributed by atoms with Crippen molar-refractivity contribution >= 4 is 5.78 Å². The van der Waals surface area contributed by atoms with E-state index in [2.05, 4.69) is 13.8 Å². The van der Waals surface area contributed by atoms with Crippen LogP contribution in [0.1, 0.15) is 43.1 Å². The molecule has 1 aliphatic heterocycles. The first kappa shape index (κ1) is 10.2. The highest BCUT2D eigenvalue weighted by Gasteiger charge is 2.28. The quantitative estimate of drug-likeness (QED) is 0.657. The Balaban J connectivity index is 2.53. The maximum atomic E-state index is 11.3. The van der Waals surface area contributed by atoms with Gasteiger partial charge in [0, 0.05) is 11.1 Å². The Bertz CT molecular complexity index is 405. The van der Waals surface area contributed by atoms with Gasteiger partial charge in [0.05, 0.1) is 6.61 Å².